The number of hydrogen-bond acceptors (Lipinski definition) is 5. The molecule has 26 heavy (non-hydrogen) atoms. The Morgan fingerprint density at radius 2 is 1.62 bits per heavy atom. The summed E-state index contributed by atoms with van der Waals surface area (Å²) in [5.41, 5.74) is 2.46. The molecule has 2 amide bonds. The van der Waals surface area contributed by atoms with Crippen LogP contribution in [0.15, 0.2) is 58.9 Å². The van der Waals surface area contributed by atoms with Gasteiger partial charge in [0.25, 0.3) is 11.8 Å². The number of hydrogen-bond donors (Lipinski definition) is 0. The molecule has 2 aromatic carbocycles. The van der Waals surface area contributed by atoms with Crippen molar-refractivity contribution in [2.75, 3.05) is 4.90 Å². The molecule has 0 spiro atoms. The van der Waals surface area contributed by atoms with Gasteiger partial charge >= 0.3 is 0 Å². The number of fused-ring (bicyclic) bond motifs is 1. The van der Waals surface area contributed by atoms with Crippen LogP contribution in [0.5, 0.6) is 0 Å². The molecule has 0 N–H and O–H groups in total. The number of amides is 2. The second-order valence-electron chi connectivity index (χ2n) is 6.35. The molecule has 132 valence electrons. The van der Waals surface area contributed by atoms with E-state index in [9.17, 15) is 14.0 Å². The molecule has 1 fully saturated rings. The van der Waals surface area contributed by atoms with Crippen LogP contribution in [0.4, 0.5) is 10.1 Å². The smallest absolute Gasteiger partial charge is 0.263 e. The van der Waals surface area contributed by atoms with E-state index in [0.717, 1.165) is 17.5 Å². The largest absolute Gasteiger partial charge is 0.271 e. The lowest BCUT2D eigenvalue weighted by Gasteiger charge is -2.20. The minimum absolute atomic E-state index is 0.284. The molecule has 7 heteroatoms. The Kier molecular flexibility index (Phi) is 3.99. The van der Waals surface area contributed by atoms with Crippen molar-refractivity contribution in [3.63, 3.8) is 0 Å². The predicted molar refractivity (Wildman–Crippen MR) is 92.7 cm³/mol. The molecule has 2 aliphatic heterocycles. The molecular formula is C19H17FN4O2. The molecule has 2 atom stereocenters. The molecule has 1 saturated heterocycles. The van der Waals surface area contributed by atoms with Crippen LogP contribution in [0, 0.1) is 5.82 Å². The highest BCUT2D eigenvalue weighted by atomic mass is 19.1. The van der Waals surface area contributed by atoms with E-state index in [1.165, 1.54) is 22.0 Å². The average molecular weight is 352 g/mol. The Morgan fingerprint density at radius 1 is 0.962 bits per heavy atom. The summed E-state index contributed by atoms with van der Waals surface area (Å²) in [5.74, 6) is -1.03. The lowest BCUT2D eigenvalue weighted by Crippen LogP contribution is -2.39. The number of carbonyl (C=O) groups is 2. The van der Waals surface area contributed by atoms with Gasteiger partial charge < -0.3 is 0 Å². The quantitative estimate of drug-likeness (QED) is 0.795. The van der Waals surface area contributed by atoms with Gasteiger partial charge in [-0.1, -0.05) is 36.4 Å². The fourth-order valence-electron chi connectivity index (χ4n) is 3.27. The number of anilines is 1. The number of halogens is 1. The van der Waals surface area contributed by atoms with E-state index in [-0.39, 0.29) is 24.2 Å². The lowest BCUT2D eigenvalue weighted by atomic mass is 10.1. The first kappa shape index (κ1) is 16.4. The second kappa shape index (κ2) is 6.33. The first-order chi connectivity index (χ1) is 12.6. The third-order valence-electron chi connectivity index (χ3n) is 4.72. The van der Waals surface area contributed by atoms with Gasteiger partial charge in [0.15, 0.2) is 12.1 Å². The number of aryl methyl sites for hydroxylation is 1. The zero-order valence-electron chi connectivity index (χ0n) is 14.2. The second-order valence-corrected chi connectivity index (χ2v) is 6.35. The maximum absolute atomic E-state index is 13.1. The van der Waals surface area contributed by atoms with Crippen molar-refractivity contribution >= 4 is 17.5 Å². The maximum atomic E-state index is 13.1. The van der Waals surface area contributed by atoms with Crippen molar-refractivity contribution in [3.8, 4) is 0 Å². The molecule has 0 aliphatic carbocycles. The Hall–Kier alpha value is -3.09. The molecular weight excluding hydrogens is 335 g/mol. The molecule has 0 unspecified atom stereocenters. The van der Waals surface area contributed by atoms with Crippen LogP contribution in [-0.4, -0.2) is 28.9 Å². The van der Waals surface area contributed by atoms with Crippen LogP contribution in [0.3, 0.4) is 0 Å². The zero-order chi connectivity index (χ0) is 18.3. The minimum atomic E-state index is -0.825. The summed E-state index contributed by atoms with van der Waals surface area (Å²) in [4.78, 5) is 26.7. The lowest BCUT2D eigenvalue weighted by molar-refractivity contribution is -0.123. The van der Waals surface area contributed by atoms with Gasteiger partial charge in [0.05, 0.1) is 12.2 Å². The molecule has 0 radical (unpaired) electrons. The van der Waals surface area contributed by atoms with E-state index in [0.29, 0.717) is 5.69 Å². The third kappa shape index (κ3) is 2.65. The van der Waals surface area contributed by atoms with E-state index >= 15 is 0 Å². The Morgan fingerprint density at radius 3 is 2.27 bits per heavy atom. The number of nitrogens with zero attached hydrogens (tertiary/aromatic N) is 4. The number of imide groups is 1. The van der Waals surface area contributed by atoms with Crippen LogP contribution < -0.4 is 4.90 Å². The maximum Gasteiger partial charge on any atom is 0.263 e. The predicted octanol–water partition coefficient (Wildman–Crippen LogP) is 2.88. The Labute approximate surface area is 149 Å². The summed E-state index contributed by atoms with van der Waals surface area (Å²) in [6.07, 6.45) is 0.882. The van der Waals surface area contributed by atoms with Crippen LogP contribution >= 0.6 is 0 Å². The van der Waals surface area contributed by atoms with Crippen molar-refractivity contribution < 1.29 is 14.0 Å². The number of carbonyl (C=O) groups excluding carboxylic acids is 2. The molecule has 6 nitrogen and oxygen atoms in total. The van der Waals surface area contributed by atoms with Gasteiger partial charge in [-0.3, -0.25) is 14.6 Å². The van der Waals surface area contributed by atoms with Crippen LogP contribution in [-0.2, 0) is 22.6 Å². The zero-order valence-corrected chi connectivity index (χ0v) is 14.2. The van der Waals surface area contributed by atoms with Crippen molar-refractivity contribution in [1.29, 1.82) is 0 Å². The van der Waals surface area contributed by atoms with Gasteiger partial charge in [-0.15, -0.1) is 0 Å². The van der Waals surface area contributed by atoms with E-state index in [1.807, 2.05) is 19.1 Å². The fourth-order valence-corrected chi connectivity index (χ4v) is 3.27. The summed E-state index contributed by atoms with van der Waals surface area (Å²) in [6.45, 7) is 2.33. The molecule has 0 aromatic heterocycles. The summed E-state index contributed by atoms with van der Waals surface area (Å²) in [7, 11) is 0. The first-order valence-electron chi connectivity index (χ1n) is 8.47. The van der Waals surface area contributed by atoms with Crippen molar-refractivity contribution in [1.82, 2.24) is 5.01 Å². The highest BCUT2D eigenvalue weighted by molar-refractivity contribution is 6.25. The SMILES string of the molecule is CCc1ccc(N2C(=O)[C@H]3N=NN(Cc4ccc(F)cc4)[C@@H]3C2=O)cc1. The van der Waals surface area contributed by atoms with E-state index < -0.39 is 12.1 Å². The van der Waals surface area contributed by atoms with Crippen molar-refractivity contribution in [2.45, 2.75) is 32.0 Å². The summed E-state index contributed by atoms with van der Waals surface area (Å²) < 4.78 is 13.1. The van der Waals surface area contributed by atoms with E-state index in [1.54, 1.807) is 24.3 Å². The van der Waals surface area contributed by atoms with Crippen molar-refractivity contribution in [3.05, 3.63) is 65.5 Å². The van der Waals surface area contributed by atoms with E-state index in [2.05, 4.69) is 10.3 Å². The normalized spacial score (nSPS) is 21.6. The Balaban J connectivity index is 1.57. The fraction of sp³-hybridized carbons (Fsp3) is 0.263. The van der Waals surface area contributed by atoms with Gasteiger partial charge in [-0.2, -0.15) is 5.11 Å². The summed E-state index contributed by atoms with van der Waals surface area (Å²) in [6, 6.07) is 11.7. The van der Waals surface area contributed by atoms with Gasteiger partial charge in [-0.05, 0) is 41.8 Å². The standard InChI is InChI=1S/C19H17FN4O2/c1-2-12-5-9-15(10-6-12)24-18(25)16-17(19(24)26)23(22-21-16)11-13-3-7-14(20)8-4-13/h3-10,16-17H,2,11H2,1H3/t16-,17-/m0/s1. The van der Waals surface area contributed by atoms with Gasteiger partial charge in [0.2, 0.25) is 0 Å². The average Bonchev–Trinajstić information content (AvgIpc) is 3.17. The summed E-state index contributed by atoms with van der Waals surface area (Å²) >= 11 is 0. The topological polar surface area (TPSA) is 65.3 Å². The van der Waals surface area contributed by atoms with Crippen LogP contribution in [0.1, 0.15) is 18.1 Å². The number of rotatable bonds is 4. The molecule has 0 saturated carbocycles. The van der Waals surface area contributed by atoms with Crippen LogP contribution in [0.2, 0.25) is 0 Å². The highest BCUT2D eigenvalue weighted by Crippen LogP contribution is 2.32. The van der Waals surface area contributed by atoms with Crippen LogP contribution in [0.25, 0.3) is 0 Å². The number of benzene rings is 2. The molecule has 0 bridgehead atoms. The first-order valence-corrected chi connectivity index (χ1v) is 8.47. The molecule has 2 aromatic rings. The molecule has 2 heterocycles. The van der Waals surface area contributed by atoms with Gasteiger partial charge in [0.1, 0.15) is 5.82 Å². The van der Waals surface area contributed by atoms with Crippen molar-refractivity contribution in [2.24, 2.45) is 10.3 Å². The summed E-state index contributed by atoms with van der Waals surface area (Å²) in [5, 5.41) is 9.49. The minimum Gasteiger partial charge on any atom is -0.271 e. The molecule has 2 aliphatic rings. The van der Waals surface area contributed by atoms with E-state index in [4.69, 9.17) is 0 Å². The molecule has 4 rings (SSSR count). The van der Waals surface area contributed by atoms with Gasteiger partial charge in [0, 0.05) is 0 Å². The van der Waals surface area contributed by atoms with Gasteiger partial charge in [-0.25, -0.2) is 9.29 Å². The Bertz CT molecular complexity index is 879. The highest BCUT2D eigenvalue weighted by Gasteiger charge is 2.54. The third-order valence-corrected chi connectivity index (χ3v) is 4.72. The monoisotopic (exact) mass is 352 g/mol.